The summed E-state index contributed by atoms with van der Waals surface area (Å²) in [5, 5.41) is 4.42. The molecule has 2 aliphatic rings. The molecule has 3 nitrogen and oxygen atoms in total. The Kier molecular flexibility index (Phi) is 6.69. The smallest absolute Gasteiger partial charge is 0.239 e. The SMILES string of the molecule is CSC1CCC(NC(C)C(=O)N2CCCCCC2)CC1. The lowest BCUT2D eigenvalue weighted by atomic mass is 9.94. The molecule has 0 radical (unpaired) electrons. The second-order valence-corrected chi connectivity index (χ2v) is 7.48. The van der Waals surface area contributed by atoms with E-state index in [0.717, 1.165) is 18.3 Å². The van der Waals surface area contributed by atoms with Crippen LogP contribution in [-0.4, -0.2) is 47.5 Å². The van der Waals surface area contributed by atoms with Crippen LogP contribution in [0.4, 0.5) is 0 Å². The fourth-order valence-electron chi connectivity index (χ4n) is 3.45. The lowest BCUT2D eigenvalue weighted by molar-refractivity contribution is -0.133. The van der Waals surface area contributed by atoms with Gasteiger partial charge in [-0.15, -0.1) is 0 Å². The van der Waals surface area contributed by atoms with Crippen LogP contribution in [0.3, 0.4) is 0 Å². The van der Waals surface area contributed by atoms with Crippen LogP contribution >= 0.6 is 11.8 Å². The third kappa shape index (κ3) is 4.66. The van der Waals surface area contributed by atoms with Gasteiger partial charge in [0, 0.05) is 24.4 Å². The Bertz CT molecular complexity index is 295. The first-order chi connectivity index (χ1) is 9.70. The fourth-order valence-corrected chi connectivity index (χ4v) is 4.20. The van der Waals surface area contributed by atoms with Gasteiger partial charge in [-0.25, -0.2) is 0 Å². The highest BCUT2D eigenvalue weighted by Crippen LogP contribution is 2.27. The van der Waals surface area contributed by atoms with Crippen molar-refractivity contribution in [2.75, 3.05) is 19.3 Å². The predicted octanol–water partition coefficient (Wildman–Crippen LogP) is 3.04. The van der Waals surface area contributed by atoms with Crippen molar-refractivity contribution in [3.8, 4) is 0 Å². The predicted molar refractivity (Wildman–Crippen MR) is 87.2 cm³/mol. The zero-order valence-corrected chi connectivity index (χ0v) is 13.9. The number of nitrogens with one attached hydrogen (secondary N) is 1. The van der Waals surface area contributed by atoms with Crippen LogP contribution in [0.15, 0.2) is 0 Å². The average molecular weight is 298 g/mol. The highest BCUT2D eigenvalue weighted by molar-refractivity contribution is 7.99. The number of nitrogens with zero attached hydrogens (tertiary/aromatic N) is 1. The van der Waals surface area contributed by atoms with E-state index < -0.39 is 0 Å². The fraction of sp³-hybridized carbons (Fsp3) is 0.938. The van der Waals surface area contributed by atoms with Crippen molar-refractivity contribution in [3.05, 3.63) is 0 Å². The first-order valence-corrected chi connectivity index (χ1v) is 9.57. The van der Waals surface area contributed by atoms with Gasteiger partial charge >= 0.3 is 0 Å². The summed E-state index contributed by atoms with van der Waals surface area (Å²) >= 11 is 2.00. The van der Waals surface area contributed by atoms with Crippen LogP contribution in [0, 0.1) is 0 Å². The Labute approximate surface area is 128 Å². The van der Waals surface area contributed by atoms with Gasteiger partial charge in [0.15, 0.2) is 0 Å². The highest BCUT2D eigenvalue weighted by Gasteiger charge is 2.26. The largest absolute Gasteiger partial charge is 0.341 e. The monoisotopic (exact) mass is 298 g/mol. The maximum absolute atomic E-state index is 12.5. The van der Waals surface area contributed by atoms with Gasteiger partial charge in [-0.05, 0) is 51.7 Å². The third-order valence-corrected chi connectivity index (χ3v) is 5.92. The van der Waals surface area contributed by atoms with Crippen molar-refractivity contribution in [3.63, 3.8) is 0 Å². The minimum atomic E-state index is -0.0103. The van der Waals surface area contributed by atoms with Crippen LogP contribution in [0.5, 0.6) is 0 Å². The van der Waals surface area contributed by atoms with Crippen molar-refractivity contribution < 1.29 is 4.79 Å². The number of hydrogen-bond donors (Lipinski definition) is 1. The van der Waals surface area contributed by atoms with Crippen LogP contribution in [0.25, 0.3) is 0 Å². The van der Waals surface area contributed by atoms with Gasteiger partial charge in [-0.1, -0.05) is 12.8 Å². The molecular formula is C16H30N2OS. The van der Waals surface area contributed by atoms with Crippen LogP contribution in [0.1, 0.15) is 58.3 Å². The summed E-state index contributed by atoms with van der Waals surface area (Å²) in [6.07, 6.45) is 12.2. The molecule has 20 heavy (non-hydrogen) atoms. The minimum Gasteiger partial charge on any atom is -0.341 e. The van der Waals surface area contributed by atoms with Crippen molar-refractivity contribution in [1.82, 2.24) is 10.2 Å². The van der Waals surface area contributed by atoms with Crippen LogP contribution in [-0.2, 0) is 4.79 Å². The molecule has 1 aliphatic carbocycles. The number of carbonyl (C=O) groups excluding carboxylic acids is 1. The Hall–Kier alpha value is -0.220. The highest BCUT2D eigenvalue weighted by atomic mass is 32.2. The van der Waals surface area contributed by atoms with Crippen molar-refractivity contribution in [1.29, 1.82) is 0 Å². The summed E-state index contributed by atoms with van der Waals surface area (Å²) in [6.45, 7) is 3.97. The van der Waals surface area contributed by atoms with Gasteiger partial charge in [0.25, 0.3) is 0 Å². The number of amides is 1. The van der Waals surface area contributed by atoms with E-state index in [0.29, 0.717) is 11.9 Å². The first-order valence-electron chi connectivity index (χ1n) is 8.28. The Balaban J connectivity index is 1.76. The zero-order chi connectivity index (χ0) is 14.4. The van der Waals surface area contributed by atoms with Gasteiger partial charge < -0.3 is 10.2 Å². The summed E-state index contributed by atoms with van der Waals surface area (Å²) in [5.74, 6) is 0.318. The second kappa shape index (κ2) is 8.28. The molecule has 1 saturated carbocycles. The van der Waals surface area contributed by atoms with E-state index in [4.69, 9.17) is 0 Å². The standard InChI is InChI=1S/C16H30N2OS/c1-13(16(19)18-11-5-3-4-6-12-18)17-14-7-9-15(20-2)10-8-14/h13-15,17H,3-12H2,1-2H3. The number of thioether (sulfide) groups is 1. The first kappa shape index (κ1) is 16.2. The maximum Gasteiger partial charge on any atom is 0.239 e. The molecular weight excluding hydrogens is 268 g/mol. The van der Waals surface area contributed by atoms with E-state index in [1.807, 2.05) is 18.7 Å². The lowest BCUT2D eigenvalue weighted by Crippen LogP contribution is -2.49. The van der Waals surface area contributed by atoms with Crippen LogP contribution < -0.4 is 5.32 Å². The van der Waals surface area contributed by atoms with Gasteiger partial charge in [0.05, 0.1) is 6.04 Å². The molecule has 4 heteroatoms. The van der Waals surface area contributed by atoms with E-state index in [9.17, 15) is 4.79 Å². The lowest BCUT2D eigenvalue weighted by Gasteiger charge is -2.32. The molecule has 0 aromatic rings. The summed E-state index contributed by atoms with van der Waals surface area (Å²) in [6, 6.07) is 0.535. The third-order valence-electron chi connectivity index (χ3n) is 4.78. The Morgan fingerprint density at radius 1 is 1.10 bits per heavy atom. The Morgan fingerprint density at radius 3 is 2.25 bits per heavy atom. The summed E-state index contributed by atoms with van der Waals surface area (Å²) < 4.78 is 0. The van der Waals surface area contributed by atoms with Gasteiger partial charge in [0.2, 0.25) is 5.91 Å². The van der Waals surface area contributed by atoms with Crippen molar-refractivity contribution in [2.45, 2.75) is 75.6 Å². The molecule has 1 unspecified atom stereocenters. The molecule has 0 bridgehead atoms. The Morgan fingerprint density at radius 2 is 1.70 bits per heavy atom. The molecule has 0 aromatic heterocycles. The quantitative estimate of drug-likeness (QED) is 0.866. The van der Waals surface area contributed by atoms with E-state index in [-0.39, 0.29) is 6.04 Å². The topological polar surface area (TPSA) is 32.3 Å². The number of likely N-dealkylation sites (tertiary alicyclic amines) is 1. The zero-order valence-electron chi connectivity index (χ0n) is 13.1. The molecule has 0 spiro atoms. The van der Waals surface area contributed by atoms with E-state index in [2.05, 4.69) is 16.5 Å². The molecule has 2 fully saturated rings. The van der Waals surface area contributed by atoms with Crippen molar-refractivity contribution >= 4 is 17.7 Å². The van der Waals surface area contributed by atoms with Gasteiger partial charge in [-0.2, -0.15) is 11.8 Å². The van der Waals surface area contributed by atoms with E-state index >= 15 is 0 Å². The number of carbonyl (C=O) groups is 1. The molecule has 1 saturated heterocycles. The maximum atomic E-state index is 12.5. The molecule has 1 atom stereocenters. The summed E-state index contributed by atoms with van der Waals surface area (Å²) in [5.41, 5.74) is 0. The molecule has 1 aliphatic heterocycles. The number of hydrogen-bond acceptors (Lipinski definition) is 3. The second-order valence-electron chi connectivity index (χ2n) is 6.34. The average Bonchev–Trinajstić information content (AvgIpc) is 2.76. The van der Waals surface area contributed by atoms with Crippen molar-refractivity contribution in [2.24, 2.45) is 0 Å². The van der Waals surface area contributed by atoms with Gasteiger partial charge in [0.1, 0.15) is 0 Å². The van der Waals surface area contributed by atoms with Gasteiger partial charge in [-0.3, -0.25) is 4.79 Å². The molecule has 1 amide bonds. The molecule has 116 valence electrons. The normalized spacial score (nSPS) is 29.8. The minimum absolute atomic E-state index is 0.0103. The molecule has 1 heterocycles. The molecule has 1 N–H and O–H groups in total. The number of rotatable bonds is 4. The van der Waals surface area contributed by atoms with E-state index in [1.54, 1.807) is 0 Å². The summed E-state index contributed by atoms with van der Waals surface area (Å²) in [4.78, 5) is 14.6. The molecule has 0 aromatic carbocycles. The summed E-state index contributed by atoms with van der Waals surface area (Å²) in [7, 11) is 0. The van der Waals surface area contributed by atoms with Crippen LogP contribution in [0.2, 0.25) is 0 Å². The molecule has 2 rings (SSSR count). The van der Waals surface area contributed by atoms with E-state index in [1.165, 1.54) is 51.4 Å².